The highest BCUT2D eigenvalue weighted by Gasteiger charge is 2.30. The lowest BCUT2D eigenvalue weighted by atomic mass is 10.1. The second kappa shape index (κ2) is 7.07. The third kappa shape index (κ3) is 3.88. The average molecular weight is 343 g/mol. The molecule has 1 aliphatic carbocycles. The van der Waals surface area contributed by atoms with Crippen LogP contribution in [0.5, 0.6) is 0 Å². The average Bonchev–Trinajstić information content (AvgIpc) is 3.44. The van der Waals surface area contributed by atoms with Gasteiger partial charge in [-0.3, -0.25) is 19.8 Å². The van der Waals surface area contributed by atoms with Gasteiger partial charge in [-0.1, -0.05) is 0 Å². The molecule has 1 saturated carbocycles. The lowest BCUT2D eigenvalue weighted by molar-refractivity contribution is -0.385. The van der Waals surface area contributed by atoms with Crippen LogP contribution in [0.3, 0.4) is 0 Å². The van der Waals surface area contributed by atoms with Crippen LogP contribution >= 0.6 is 0 Å². The van der Waals surface area contributed by atoms with E-state index in [-0.39, 0.29) is 23.2 Å². The van der Waals surface area contributed by atoms with Crippen molar-refractivity contribution in [3.05, 3.63) is 33.9 Å². The number of carbonyl (C=O) groups is 1. The molecule has 8 heteroatoms. The Morgan fingerprint density at radius 3 is 2.60 bits per heavy atom. The van der Waals surface area contributed by atoms with Crippen LogP contribution in [0.25, 0.3) is 0 Å². The summed E-state index contributed by atoms with van der Waals surface area (Å²) in [4.78, 5) is 26.9. The van der Waals surface area contributed by atoms with Crippen LogP contribution in [0.1, 0.15) is 25.3 Å². The van der Waals surface area contributed by atoms with Crippen molar-refractivity contribution in [2.24, 2.45) is 0 Å². The minimum atomic E-state index is -0.525. The van der Waals surface area contributed by atoms with Crippen LogP contribution in [0.15, 0.2) is 18.2 Å². The van der Waals surface area contributed by atoms with E-state index in [0.717, 1.165) is 18.5 Å². The molecule has 1 atom stereocenters. The maximum atomic E-state index is 12.2. The largest absolute Gasteiger partial charge is 0.369 e. The lowest BCUT2D eigenvalue weighted by Crippen LogP contribution is -2.54. The topological polar surface area (TPSA) is 103 Å². The molecule has 25 heavy (non-hydrogen) atoms. The normalized spacial score (nSPS) is 19.1. The van der Waals surface area contributed by atoms with E-state index in [1.54, 1.807) is 6.07 Å². The first kappa shape index (κ1) is 17.2. The third-order valence-electron chi connectivity index (χ3n) is 4.83. The van der Waals surface area contributed by atoms with Gasteiger partial charge in [-0.15, -0.1) is 0 Å². The van der Waals surface area contributed by atoms with Crippen LogP contribution < -0.4 is 10.2 Å². The molecular weight excluding hydrogens is 322 g/mol. The Balaban J connectivity index is 1.62. The first-order chi connectivity index (χ1) is 12.0. The van der Waals surface area contributed by atoms with Gasteiger partial charge in [0.25, 0.3) is 5.69 Å². The van der Waals surface area contributed by atoms with E-state index in [9.17, 15) is 14.9 Å². The molecule has 2 aliphatic rings. The van der Waals surface area contributed by atoms with Crippen LogP contribution in [-0.4, -0.2) is 54.0 Å². The van der Waals surface area contributed by atoms with Crippen molar-refractivity contribution >= 4 is 17.3 Å². The van der Waals surface area contributed by atoms with Gasteiger partial charge in [-0.25, -0.2) is 0 Å². The molecule has 0 radical (unpaired) electrons. The molecule has 2 fully saturated rings. The number of carbonyl (C=O) groups excluding carboxylic acids is 1. The number of amides is 1. The second-order valence-corrected chi connectivity index (χ2v) is 6.55. The highest BCUT2D eigenvalue weighted by atomic mass is 16.6. The molecule has 132 valence electrons. The van der Waals surface area contributed by atoms with Gasteiger partial charge in [0.2, 0.25) is 5.91 Å². The fourth-order valence-corrected chi connectivity index (χ4v) is 3.05. The molecule has 0 bridgehead atoms. The maximum absolute atomic E-state index is 12.2. The molecule has 1 N–H and O–H groups in total. The standard InChI is InChI=1S/C17H21N5O3/c1-12(17(23)19-14-3-4-14)20-6-8-21(9-7-20)15-5-2-13(11-18)16(10-15)22(24)25/h2,5,10,12,14H,3-4,6-9H2,1H3,(H,19,23)/t12-/m0/s1. The van der Waals surface area contributed by atoms with Gasteiger partial charge in [0.05, 0.1) is 11.0 Å². The van der Waals surface area contributed by atoms with Crippen molar-refractivity contribution in [2.75, 3.05) is 31.1 Å². The Labute approximate surface area is 146 Å². The van der Waals surface area contributed by atoms with E-state index in [1.807, 2.05) is 13.0 Å². The van der Waals surface area contributed by atoms with Crippen LogP contribution in [0, 0.1) is 21.4 Å². The van der Waals surface area contributed by atoms with Gasteiger partial charge in [0, 0.05) is 44.0 Å². The fourth-order valence-electron chi connectivity index (χ4n) is 3.05. The third-order valence-corrected chi connectivity index (χ3v) is 4.83. The van der Waals surface area contributed by atoms with E-state index in [4.69, 9.17) is 5.26 Å². The van der Waals surface area contributed by atoms with Gasteiger partial charge in [-0.2, -0.15) is 5.26 Å². The van der Waals surface area contributed by atoms with E-state index in [0.29, 0.717) is 32.2 Å². The predicted molar refractivity (Wildman–Crippen MR) is 92.2 cm³/mol. The fraction of sp³-hybridized carbons (Fsp3) is 0.529. The molecule has 8 nitrogen and oxygen atoms in total. The first-order valence-electron chi connectivity index (χ1n) is 8.47. The Kier molecular flexibility index (Phi) is 4.86. The number of nitrogens with zero attached hydrogens (tertiary/aromatic N) is 4. The molecule has 1 saturated heterocycles. The van der Waals surface area contributed by atoms with Gasteiger partial charge < -0.3 is 10.2 Å². The zero-order valence-corrected chi connectivity index (χ0v) is 14.1. The molecule has 1 heterocycles. The summed E-state index contributed by atoms with van der Waals surface area (Å²) in [6.07, 6.45) is 2.15. The summed E-state index contributed by atoms with van der Waals surface area (Å²) in [5, 5.41) is 23.1. The molecule has 0 unspecified atom stereocenters. The molecule has 3 rings (SSSR count). The van der Waals surface area contributed by atoms with Crippen molar-refractivity contribution in [1.82, 2.24) is 10.2 Å². The van der Waals surface area contributed by atoms with E-state index in [2.05, 4.69) is 15.1 Å². The monoisotopic (exact) mass is 343 g/mol. The number of anilines is 1. The second-order valence-electron chi connectivity index (χ2n) is 6.55. The summed E-state index contributed by atoms with van der Waals surface area (Å²) in [5.74, 6) is 0.0740. The summed E-state index contributed by atoms with van der Waals surface area (Å²) in [7, 11) is 0. The number of nitro groups is 1. The molecule has 1 aromatic carbocycles. The molecule has 1 amide bonds. The number of benzene rings is 1. The number of nitro benzene ring substituents is 1. The first-order valence-corrected chi connectivity index (χ1v) is 8.47. The predicted octanol–water partition coefficient (Wildman–Crippen LogP) is 1.26. The Hall–Kier alpha value is -2.66. The van der Waals surface area contributed by atoms with Gasteiger partial charge >= 0.3 is 0 Å². The smallest absolute Gasteiger partial charge is 0.289 e. The SMILES string of the molecule is C[C@@H](C(=O)NC1CC1)N1CCN(c2ccc(C#N)c([N+](=O)[O-])c2)CC1. The Morgan fingerprint density at radius 2 is 2.04 bits per heavy atom. The Morgan fingerprint density at radius 1 is 1.36 bits per heavy atom. The zero-order chi connectivity index (χ0) is 18.0. The van der Waals surface area contributed by atoms with Crippen LogP contribution in [-0.2, 0) is 4.79 Å². The summed E-state index contributed by atoms with van der Waals surface area (Å²) >= 11 is 0. The minimum absolute atomic E-state index is 0.0674. The number of rotatable bonds is 5. The van der Waals surface area contributed by atoms with Crippen molar-refractivity contribution < 1.29 is 9.72 Å². The number of hydrogen-bond donors (Lipinski definition) is 1. The molecule has 0 aromatic heterocycles. The zero-order valence-electron chi connectivity index (χ0n) is 14.1. The molecule has 1 aromatic rings. The number of nitrogens with one attached hydrogen (secondary N) is 1. The number of piperazine rings is 1. The van der Waals surface area contributed by atoms with E-state index >= 15 is 0 Å². The van der Waals surface area contributed by atoms with Crippen molar-refractivity contribution in [1.29, 1.82) is 5.26 Å². The minimum Gasteiger partial charge on any atom is -0.369 e. The van der Waals surface area contributed by atoms with Crippen LogP contribution in [0.4, 0.5) is 11.4 Å². The summed E-state index contributed by atoms with van der Waals surface area (Å²) in [5.41, 5.74) is 0.637. The van der Waals surface area contributed by atoms with E-state index in [1.165, 1.54) is 12.1 Å². The summed E-state index contributed by atoms with van der Waals surface area (Å²) < 4.78 is 0. The lowest BCUT2D eigenvalue weighted by Gasteiger charge is -2.38. The van der Waals surface area contributed by atoms with Crippen molar-refractivity contribution in [2.45, 2.75) is 31.8 Å². The quantitative estimate of drug-likeness (QED) is 0.638. The number of nitriles is 1. The van der Waals surface area contributed by atoms with Crippen LogP contribution in [0.2, 0.25) is 0 Å². The highest BCUT2D eigenvalue weighted by molar-refractivity contribution is 5.81. The van der Waals surface area contributed by atoms with Crippen molar-refractivity contribution in [3.63, 3.8) is 0 Å². The molecule has 0 spiro atoms. The molecule has 1 aliphatic heterocycles. The number of hydrogen-bond acceptors (Lipinski definition) is 6. The van der Waals surface area contributed by atoms with Gasteiger partial charge in [-0.05, 0) is 31.9 Å². The highest BCUT2D eigenvalue weighted by Crippen LogP contribution is 2.26. The van der Waals surface area contributed by atoms with Gasteiger partial charge in [0.15, 0.2) is 0 Å². The summed E-state index contributed by atoms with van der Waals surface area (Å²) in [6, 6.07) is 6.73. The Bertz CT molecular complexity index is 717. The van der Waals surface area contributed by atoms with Gasteiger partial charge in [0.1, 0.15) is 11.6 Å². The van der Waals surface area contributed by atoms with E-state index < -0.39 is 4.92 Å². The molecular formula is C17H21N5O3. The maximum Gasteiger partial charge on any atom is 0.289 e. The van der Waals surface area contributed by atoms with Crippen molar-refractivity contribution in [3.8, 4) is 6.07 Å². The summed E-state index contributed by atoms with van der Waals surface area (Å²) in [6.45, 7) is 4.72.